The van der Waals surface area contributed by atoms with Crippen molar-refractivity contribution in [2.75, 3.05) is 13.1 Å². The molecule has 4 heterocycles. The van der Waals surface area contributed by atoms with Crippen LogP contribution in [0.2, 0.25) is 0 Å². The summed E-state index contributed by atoms with van der Waals surface area (Å²) in [5, 5.41) is 10.5. The molecule has 5 rings (SSSR count). The first-order valence-corrected chi connectivity index (χ1v) is 11.1. The summed E-state index contributed by atoms with van der Waals surface area (Å²) in [6.45, 7) is 3.65. The van der Waals surface area contributed by atoms with Crippen molar-refractivity contribution in [2.45, 2.75) is 45.2 Å². The van der Waals surface area contributed by atoms with Gasteiger partial charge in [0.2, 0.25) is 11.8 Å². The SMILES string of the molecule is CC/C=C1/CCN(C(=O)c2cn(-c3ccc4c(c3)CN(C3CCC(=O)NC3=O)C4=O)nn2)C1. The van der Waals surface area contributed by atoms with E-state index in [9.17, 15) is 19.2 Å². The molecule has 10 heteroatoms. The number of rotatable bonds is 4. The lowest BCUT2D eigenvalue weighted by Crippen LogP contribution is -2.52. The van der Waals surface area contributed by atoms with Crippen molar-refractivity contribution in [1.29, 1.82) is 0 Å². The summed E-state index contributed by atoms with van der Waals surface area (Å²) in [5.74, 6) is -1.14. The molecule has 170 valence electrons. The normalized spacial score (nSPS) is 21.7. The van der Waals surface area contributed by atoms with Crippen LogP contribution in [-0.2, 0) is 16.1 Å². The second-order valence-corrected chi connectivity index (χ2v) is 8.54. The van der Waals surface area contributed by atoms with E-state index < -0.39 is 11.9 Å². The number of nitrogens with zero attached hydrogens (tertiary/aromatic N) is 5. The van der Waals surface area contributed by atoms with E-state index in [-0.39, 0.29) is 36.4 Å². The summed E-state index contributed by atoms with van der Waals surface area (Å²) in [7, 11) is 0. The second-order valence-electron chi connectivity index (χ2n) is 8.54. The van der Waals surface area contributed by atoms with E-state index in [0.717, 1.165) is 18.4 Å². The van der Waals surface area contributed by atoms with Crippen LogP contribution in [0.1, 0.15) is 59.0 Å². The predicted molar refractivity (Wildman–Crippen MR) is 116 cm³/mol. The maximum Gasteiger partial charge on any atom is 0.276 e. The smallest absolute Gasteiger partial charge is 0.276 e. The molecule has 1 N–H and O–H groups in total. The van der Waals surface area contributed by atoms with Gasteiger partial charge in [0.05, 0.1) is 11.9 Å². The average Bonchev–Trinajstić information content (AvgIpc) is 3.53. The van der Waals surface area contributed by atoms with Crippen LogP contribution in [0.3, 0.4) is 0 Å². The summed E-state index contributed by atoms with van der Waals surface area (Å²) in [6.07, 6.45) is 6.13. The number of carbonyl (C=O) groups excluding carboxylic acids is 4. The van der Waals surface area contributed by atoms with Gasteiger partial charge in [-0.25, -0.2) is 4.68 Å². The molecule has 2 aromatic rings. The highest BCUT2D eigenvalue weighted by atomic mass is 16.2. The van der Waals surface area contributed by atoms with Gasteiger partial charge in [-0.15, -0.1) is 5.10 Å². The Bertz CT molecular complexity index is 1200. The lowest BCUT2D eigenvalue weighted by Gasteiger charge is -2.29. The first-order valence-electron chi connectivity index (χ1n) is 11.1. The Kier molecular flexibility index (Phi) is 5.27. The van der Waals surface area contributed by atoms with Crippen LogP contribution in [-0.4, -0.2) is 67.6 Å². The molecule has 10 nitrogen and oxygen atoms in total. The van der Waals surface area contributed by atoms with Crippen molar-refractivity contribution < 1.29 is 19.2 Å². The lowest BCUT2D eigenvalue weighted by atomic mass is 10.0. The molecule has 0 bridgehead atoms. The Morgan fingerprint density at radius 3 is 2.85 bits per heavy atom. The topological polar surface area (TPSA) is 118 Å². The molecule has 0 radical (unpaired) electrons. The summed E-state index contributed by atoms with van der Waals surface area (Å²) in [4.78, 5) is 52.6. The van der Waals surface area contributed by atoms with Crippen molar-refractivity contribution in [3.8, 4) is 5.69 Å². The number of piperidine rings is 1. The van der Waals surface area contributed by atoms with Crippen molar-refractivity contribution in [1.82, 2.24) is 30.1 Å². The monoisotopic (exact) mass is 448 g/mol. The van der Waals surface area contributed by atoms with Gasteiger partial charge in [0.1, 0.15) is 6.04 Å². The van der Waals surface area contributed by atoms with Crippen LogP contribution < -0.4 is 5.32 Å². The number of hydrogen-bond donors (Lipinski definition) is 1. The van der Waals surface area contributed by atoms with Crippen molar-refractivity contribution in [3.05, 3.63) is 52.9 Å². The van der Waals surface area contributed by atoms with Crippen molar-refractivity contribution >= 4 is 23.6 Å². The fourth-order valence-electron chi connectivity index (χ4n) is 4.66. The summed E-state index contributed by atoms with van der Waals surface area (Å²) in [5.41, 5.74) is 3.49. The lowest BCUT2D eigenvalue weighted by molar-refractivity contribution is -0.136. The zero-order chi connectivity index (χ0) is 23.1. The number of amides is 4. The molecule has 0 aliphatic carbocycles. The highest BCUT2D eigenvalue weighted by Gasteiger charge is 2.39. The number of benzene rings is 1. The fourth-order valence-corrected chi connectivity index (χ4v) is 4.66. The molecule has 3 aliphatic rings. The number of imide groups is 1. The summed E-state index contributed by atoms with van der Waals surface area (Å²) in [6, 6.07) is 4.60. The molecular weight excluding hydrogens is 424 g/mol. The Morgan fingerprint density at radius 1 is 1.21 bits per heavy atom. The first kappa shape index (κ1) is 21.0. The minimum atomic E-state index is -0.659. The third kappa shape index (κ3) is 3.81. The molecule has 2 saturated heterocycles. The van der Waals surface area contributed by atoms with Gasteiger partial charge in [-0.05, 0) is 43.0 Å². The summed E-state index contributed by atoms with van der Waals surface area (Å²) < 4.78 is 1.52. The molecule has 33 heavy (non-hydrogen) atoms. The average molecular weight is 448 g/mol. The van der Waals surface area contributed by atoms with Gasteiger partial charge in [0, 0.05) is 31.6 Å². The van der Waals surface area contributed by atoms with Crippen LogP contribution in [0.15, 0.2) is 36.0 Å². The van der Waals surface area contributed by atoms with Gasteiger partial charge >= 0.3 is 0 Å². The minimum Gasteiger partial charge on any atom is -0.333 e. The van der Waals surface area contributed by atoms with E-state index in [2.05, 4.69) is 28.6 Å². The van der Waals surface area contributed by atoms with Gasteiger partial charge in [-0.3, -0.25) is 24.5 Å². The van der Waals surface area contributed by atoms with Gasteiger partial charge < -0.3 is 9.80 Å². The molecule has 1 atom stereocenters. The highest BCUT2D eigenvalue weighted by molar-refractivity contribution is 6.05. The first-order chi connectivity index (χ1) is 15.9. The van der Waals surface area contributed by atoms with Crippen LogP contribution >= 0.6 is 0 Å². The van der Waals surface area contributed by atoms with Crippen LogP contribution in [0, 0.1) is 0 Å². The second kappa shape index (κ2) is 8.27. The molecule has 0 spiro atoms. The van der Waals surface area contributed by atoms with Gasteiger partial charge in [0.15, 0.2) is 5.69 Å². The minimum absolute atomic E-state index is 0.152. The van der Waals surface area contributed by atoms with Gasteiger partial charge in [-0.2, -0.15) is 0 Å². The van der Waals surface area contributed by atoms with E-state index in [0.29, 0.717) is 30.8 Å². The molecule has 1 aromatic heterocycles. The van der Waals surface area contributed by atoms with E-state index in [1.165, 1.54) is 15.2 Å². The number of hydrogen-bond acceptors (Lipinski definition) is 6. The molecule has 1 unspecified atom stereocenters. The maximum absolute atomic E-state index is 12.9. The summed E-state index contributed by atoms with van der Waals surface area (Å²) >= 11 is 0. The zero-order valence-corrected chi connectivity index (χ0v) is 18.3. The molecule has 2 fully saturated rings. The van der Waals surface area contributed by atoms with Gasteiger partial charge in [0.25, 0.3) is 11.8 Å². The van der Waals surface area contributed by atoms with E-state index in [4.69, 9.17) is 0 Å². The molecule has 4 amide bonds. The fraction of sp³-hybridized carbons (Fsp3) is 0.391. The third-order valence-electron chi connectivity index (χ3n) is 6.36. The molecule has 3 aliphatic heterocycles. The molecule has 0 saturated carbocycles. The zero-order valence-electron chi connectivity index (χ0n) is 18.3. The quantitative estimate of drug-likeness (QED) is 0.555. The Morgan fingerprint density at radius 2 is 2.06 bits per heavy atom. The van der Waals surface area contributed by atoms with E-state index in [1.54, 1.807) is 23.2 Å². The van der Waals surface area contributed by atoms with Crippen molar-refractivity contribution in [2.24, 2.45) is 0 Å². The Labute approximate surface area is 190 Å². The van der Waals surface area contributed by atoms with Crippen LogP contribution in [0.5, 0.6) is 0 Å². The Balaban J connectivity index is 1.32. The number of aromatic nitrogens is 3. The maximum atomic E-state index is 12.9. The number of likely N-dealkylation sites (tertiary alicyclic amines) is 1. The van der Waals surface area contributed by atoms with Crippen LogP contribution in [0.25, 0.3) is 5.69 Å². The highest BCUT2D eigenvalue weighted by Crippen LogP contribution is 2.29. The third-order valence-corrected chi connectivity index (χ3v) is 6.36. The standard InChI is InChI=1S/C23H24N6O4/c1-2-3-14-8-9-27(11-14)23(33)18-13-29(26-25-18)16-4-5-17-15(10-16)12-28(22(17)32)19-6-7-20(30)24-21(19)31/h3-5,10,13,19H,2,6-9,11-12H2,1H3,(H,24,30,31)/b14-3-. The molecular formula is C23H24N6O4. The van der Waals surface area contributed by atoms with Crippen molar-refractivity contribution in [3.63, 3.8) is 0 Å². The van der Waals surface area contributed by atoms with Gasteiger partial charge in [-0.1, -0.05) is 23.8 Å². The Hall–Kier alpha value is -3.82. The largest absolute Gasteiger partial charge is 0.333 e. The number of allylic oxidation sites excluding steroid dienone is 1. The van der Waals surface area contributed by atoms with Crippen LogP contribution in [0.4, 0.5) is 0 Å². The van der Waals surface area contributed by atoms with E-state index in [1.807, 2.05) is 6.07 Å². The predicted octanol–water partition coefficient (Wildman–Crippen LogP) is 1.21. The number of fused-ring (bicyclic) bond motifs is 1. The number of nitrogens with one attached hydrogen (secondary N) is 1. The molecule has 1 aromatic carbocycles. The van der Waals surface area contributed by atoms with E-state index >= 15 is 0 Å². The number of carbonyl (C=O) groups is 4.